The topological polar surface area (TPSA) is 0 Å². The van der Waals surface area contributed by atoms with E-state index in [0.717, 1.165) is 51.4 Å². The molecule has 0 spiro atoms. The largest absolute Gasteiger partial charge is 4.00 e. The molecule has 0 aliphatic rings. The van der Waals surface area contributed by atoms with E-state index in [-0.39, 0.29) is 112 Å². The molecule has 11 heteroatoms. The maximum Gasteiger partial charge on any atom is 4.00 e. The standard InChI is InChI=1S/4C14H17.2C2H6Si.6ClH.3Zr/c2*1-4-11-8-12(5-2)14-7-10(3)6-13(14)9-11;2*1-4-11-6-7-12(5-2)14-9-10(3)8-13(11)14;2*1-3-2;;;;;;;;;/h4*6-9H,4-5H2,1-3H3;2*1-2H3;6*1H;;;/q4*-1;;;;;;;;;2*+2;+4/p-4. The molecule has 8 rings (SSSR count). The van der Waals surface area contributed by atoms with E-state index in [2.05, 4.69) is 206 Å². The molecular weight excluding hydrogens is 1260 g/mol. The van der Waals surface area contributed by atoms with Crippen molar-refractivity contribution in [3.8, 4) is 0 Å². The smallest absolute Gasteiger partial charge is 1.00 e. The van der Waals surface area contributed by atoms with E-state index in [0.29, 0.717) is 0 Å². The summed E-state index contributed by atoms with van der Waals surface area (Å²) in [5.74, 6) is 0. The van der Waals surface area contributed by atoms with Crippen molar-refractivity contribution >= 4 is 78.8 Å². The van der Waals surface area contributed by atoms with Crippen LogP contribution in [0.2, 0.25) is 26.2 Å². The van der Waals surface area contributed by atoms with Crippen LogP contribution in [0.3, 0.4) is 0 Å². The molecule has 0 N–H and O–H groups in total. The number of hydrogen-bond donors (Lipinski definition) is 0. The number of hydrogen-bond acceptors (Lipinski definition) is 0. The quantitative estimate of drug-likeness (QED) is 0.122. The molecule has 0 heterocycles. The Labute approximate surface area is 519 Å². The molecule has 0 atom stereocenters. The van der Waals surface area contributed by atoms with E-state index in [1.807, 2.05) is 0 Å². The second-order valence-corrected chi connectivity index (χ2v) is 36.6. The van der Waals surface area contributed by atoms with Gasteiger partial charge in [-0.1, -0.05) is 154 Å². The van der Waals surface area contributed by atoms with Gasteiger partial charge in [0.05, 0.1) is 0 Å². The monoisotopic (exact) mass is 1340 g/mol. The van der Waals surface area contributed by atoms with Crippen molar-refractivity contribution in [2.24, 2.45) is 0 Å². The Morgan fingerprint density at radius 3 is 0.845 bits per heavy atom. The molecule has 0 nitrogen and oxygen atoms in total. The molecule has 0 aliphatic heterocycles. The third kappa shape index (κ3) is 25.0. The van der Waals surface area contributed by atoms with E-state index in [1.54, 1.807) is 46.7 Å². The molecule has 0 unspecified atom stereocenters. The van der Waals surface area contributed by atoms with Gasteiger partial charge in [-0.05, 0) is 38.5 Å². The second kappa shape index (κ2) is 41.3. The maximum absolute atomic E-state index is 2.35. The van der Waals surface area contributed by atoms with Crippen molar-refractivity contribution in [3.05, 3.63) is 164 Å². The SMILES string of the molecule is CCc1cc(CC)c2cc(C)[cH-]c2c1.CCc1cc(CC)c2cc(C)[cH-]c2c1.CCc1ccc(CC)c2[cH-]c(C)cc12.CCc1ccc(CC)c2[cH-]c(C)cc12.C[Si](C)=[Zr+2].C[Si](C)=[Zr+2].Cl.Cl.[Cl-].[Cl-].[Cl-].[Cl-].[Zr+4]. The molecule has 0 saturated heterocycles. The zero-order valence-electron chi connectivity index (χ0n) is 45.7. The second-order valence-electron chi connectivity index (χ2n) is 17.9. The predicted octanol–water partition coefficient (Wildman–Crippen LogP) is 6.39. The molecule has 71 heavy (non-hydrogen) atoms. The minimum absolute atomic E-state index is 0. The number of rotatable bonds is 8. The first-order valence-corrected chi connectivity index (χ1v) is 36.6. The molecule has 8 aromatic rings. The summed E-state index contributed by atoms with van der Waals surface area (Å²) in [6.07, 6.45) is 9.05. The Bertz CT molecular complexity index is 2480. The molecule has 0 fully saturated rings. The van der Waals surface area contributed by atoms with Gasteiger partial charge in [0.15, 0.2) is 0 Å². The fourth-order valence-electron chi connectivity index (χ4n) is 8.59. The van der Waals surface area contributed by atoms with E-state index in [1.165, 1.54) is 110 Å². The summed E-state index contributed by atoms with van der Waals surface area (Å²) in [5.41, 5.74) is 17.8. The van der Waals surface area contributed by atoms with E-state index in [4.69, 9.17) is 0 Å². The third-order valence-electron chi connectivity index (χ3n) is 11.8. The fraction of sp³-hybridized carbons (Fsp3) is 0.400. The zero-order valence-corrected chi connectivity index (χ0v) is 59.8. The van der Waals surface area contributed by atoms with Gasteiger partial charge in [0.25, 0.3) is 0 Å². The van der Waals surface area contributed by atoms with E-state index < -0.39 is 0 Å². The molecule has 384 valence electrons. The number of halogens is 6. The van der Waals surface area contributed by atoms with Crippen LogP contribution in [0.4, 0.5) is 0 Å². The van der Waals surface area contributed by atoms with Crippen molar-refractivity contribution in [1.82, 2.24) is 0 Å². The summed E-state index contributed by atoms with van der Waals surface area (Å²) in [6, 6.07) is 36.9. The van der Waals surface area contributed by atoms with E-state index >= 15 is 0 Å². The van der Waals surface area contributed by atoms with Crippen molar-refractivity contribution in [2.45, 2.75) is 161 Å². The first-order chi connectivity index (χ1) is 30.5. The fourth-order valence-corrected chi connectivity index (χ4v) is 8.59. The predicted molar refractivity (Wildman–Crippen MR) is 302 cm³/mol. The molecule has 0 aromatic heterocycles. The summed E-state index contributed by atoms with van der Waals surface area (Å²) in [4.78, 5) is 0. The third-order valence-corrected chi connectivity index (χ3v) is 11.8. The normalized spacial score (nSPS) is 9.52. The Balaban J connectivity index is -0.000000251. The molecular formula is C60H82Cl6Si2Zr3. The van der Waals surface area contributed by atoms with Crippen LogP contribution in [-0.4, -0.2) is 10.9 Å². The van der Waals surface area contributed by atoms with Crippen molar-refractivity contribution in [1.29, 1.82) is 0 Å². The average Bonchev–Trinajstić information content (AvgIpc) is 4.05. The van der Waals surface area contributed by atoms with Crippen molar-refractivity contribution in [3.63, 3.8) is 0 Å². The van der Waals surface area contributed by atoms with Crippen LogP contribution < -0.4 is 49.6 Å². The van der Waals surface area contributed by atoms with Crippen LogP contribution in [0.15, 0.2) is 97.1 Å². The number of fused-ring (bicyclic) bond motifs is 4. The summed E-state index contributed by atoms with van der Waals surface area (Å²) in [7, 11) is 0. The van der Waals surface area contributed by atoms with Gasteiger partial charge in [-0.3, -0.25) is 0 Å². The van der Waals surface area contributed by atoms with Gasteiger partial charge in [-0.2, -0.15) is 24.3 Å². The van der Waals surface area contributed by atoms with Gasteiger partial charge in [0, 0.05) is 0 Å². The molecule has 0 amide bonds. The van der Waals surface area contributed by atoms with Gasteiger partial charge >= 0.3 is 110 Å². The number of aryl methyl sites for hydroxylation is 12. The first kappa shape index (κ1) is 80.0. The van der Waals surface area contributed by atoms with Crippen LogP contribution in [0.5, 0.6) is 0 Å². The molecule has 0 radical (unpaired) electrons. The first-order valence-electron chi connectivity index (χ1n) is 24.2. The van der Waals surface area contributed by atoms with Crippen LogP contribution in [0.1, 0.15) is 122 Å². The van der Waals surface area contributed by atoms with Crippen LogP contribution in [0, 0.1) is 27.7 Å². The van der Waals surface area contributed by atoms with Crippen LogP contribution in [0.25, 0.3) is 43.1 Å². The zero-order chi connectivity index (χ0) is 47.7. The summed E-state index contributed by atoms with van der Waals surface area (Å²) in [6.45, 7) is 35.7. The molecule has 0 aliphatic carbocycles. The Morgan fingerprint density at radius 1 is 0.352 bits per heavy atom. The number of benzene rings is 4. The summed E-state index contributed by atoms with van der Waals surface area (Å²) >= 11 is 3.48. The van der Waals surface area contributed by atoms with Gasteiger partial charge in [-0.25, -0.2) is 0 Å². The Kier molecular flexibility index (Phi) is 46.5. The summed E-state index contributed by atoms with van der Waals surface area (Å²) in [5, 5.41) is 11.6. The minimum Gasteiger partial charge on any atom is -1.00 e. The minimum atomic E-state index is 0. The van der Waals surface area contributed by atoms with Gasteiger partial charge in [-0.15, -0.1) is 150 Å². The van der Waals surface area contributed by atoms with Crippen LogP contribution >= 0.6 is 24.8 Å². The van der Waals surface area contributed by atoms with Gasteiger partial charge < -0.3 is 49.6 Å². The van der Waals surface area contributed by atoms with Gasteiger partial charge in [0.2, 0.25) is 0 Å². The van der Waals surface area contributed by atoms with Crippen molar-refractivity contribution in [2.75, 3.05) is 0 Å². The van der Waals surface area contributed by atoms with Gasteiger partial charge in [0.1, 0.15) is 0 Å². The molecule has 0 bridgehead atoms. The molecule has 0 saturated carbocycles. The molecule has 8 aromatic carbocycles. The average molecular weight is 1350 g/mol. The Hall–Kier alpha value is 0.143. The van der Waals surface area contributed by atoms with Crippen molar-refractivity contribution < 1.29 is 123 Å². The van der Waals surface area contributed by atoms with E-state index in [9.17, 15) is 0 Å². The summed E-state index contributed by atoms with van der Waals surface area (Å²) < 4.78 is 0. The van der Waals surface area contributed by atoms with Crippen LogP contribution in [-0.2, 0) is 124 Å². The maximum atomic E-state index is 2.35. The Morgan fingerprint density at radius 2 is 0.592 bits per heavy atom.